The summed E-state index contributed by atoms with van der Waals surface area (Å²) in [6.45, 7) is 52.0. The molecule has 36 heteroatoms. The molecule has 4 rings (SSSR count). The normalized spacial score (nSPS) is 11.4. The van der Waals surface area contributed by atoms with E-state index in [1.807, 2.05) is 192 Å². The van der Waals surface area contributed by atoms with Gasteiger partial charge < -0.3 is 85.3 Å². The first-order valence-electron chi connectivity index (χ1n) is 45.8. The molecule has 4 atom stereocenters. The molecule has 0 amide bonds. The summed E-state index contributed by atoms with van der Waals surface area (Å²) in [6.07, 6.45) is 6.13. The Morgan fingerprint density at radius 1 is 0.273 bits per heavy atom. The minimum atomic E-state index is -0.499. The molecular formula is C103H148Cl2O30S4. The quantitative estimate of drug-likeness (QED) is 0.0130. The highest BCUT2D eigenvalue weighted by molar-refractivity contribution is 8.00. The molecule has 0 aromatic heterocycles. The summed E-state index contributed by atoms with van der Waals surface area (Å²) < 4.78 is 93.9. The zero-order valence-electron chi connectivity index (χ0n) is 83.5. The maximum Gasteiger partial charge on any atom is 0.333 e. The molecule has 778 valence electrons. The van der Waals surface area contributed by atoms with Gasteiger partial charge in [0.15, 0.2) is 0 Å². The number of halogens is 2. The third-order valence-electron chi connectivity index (χ3n) is 16.2. The highest BCUT2D eigenvalue weighted by Crippen LogP contribution is 2.26. The predicted octanol–water partition coefficient (Wildman–Crippen LogP) is 19.9. The third kappa shape index (κ3) is 84.1. The lowest BCUT2D eigenvalue weighted by atomic mass is 10.3. The van der Waals surface area contributed by atoms with E-state index in [1.54, 1.807) is 67.8 Å². The van der Waals surface area contributed by atoms with Crippen molar-refractivity contribution in [3.8, 4) is 0 Å². The van der Waals surface area contributed by atoms with Gasteiger partial charge in [0, 0.05) is 126 Å². The third-order valence-corrected chi connectivity index (χ3v) is 21.3. The number of hydrogen-bond donors (Lipinski definition) is 0. The van der Waals surface area contributed by atoms with E-state index < -0.39 is 35.8 Å². The largest absolute Gasteiger partial charge is 0.463 e. The Labute approximate surface area is 849 Å². The van der Waals surface area contributed by atoms with Crippen LogP contribution in [-0.4, -0.2) is 248 Å². The fraction of sp³-hybridized carbons (Fsp3) is 0.534. The van der Waals surface area contributed by atoms with Crippen molar-refractivity contribution in [3.63, 3.8) is 0 Å². The Morgan fingerprint density at radius 2 is 0.482 bits per heavy atom. The van der Waals surface area contributed by atoms with Gasteiger partial charge in [0.1, 0.15) is 37.6 Å². The van der Waals surface area contributed by atoms with E-state index in [0.29, 0.717) is 128 Å². The molecule has 0 radical (unpaired) electrons. The van der Waals surface area contributed by atoms with Crippen LogP contribution >= 0.6 is 70.2 Å². The molecule has 4 aromatic rings. The smallest absolute Gasteiger partial charge is 0.333 e. The van der Waals surface area contributed by atoms with Gasteiger partial charge in [0.2, 0.25) is 0 Å². The summed E-state index contributed by atoms with van der Waals surface area (Å²) in [7, 11) is 0. The van der Waals surface area contributed by atoms with Crippen molar-refractivity contribution in [3.05, 3.63) is 194 Å². The van der Waals surface area contributed by atoms with Crippen LogP contribution in [0.25, 0.3) is 0 Å². The summed E-state index contributed by atoms with van der Waals surface area (Å²) in [5.41, 5.74) is 1.03. The molecule has 0 saturated carbocycles. The average molecular weight is 2070 g/mol. The summed E-state index contributed by atoms with van der Waals surface area (Å²) in [4.78, 5) is 141. The topological polar surface area (TPSA) is 371 Å². The summed E-state index contributed by atoms with van der Waals surface area (Å²) in [5, 5.41) is 1.36. The van der Waals surface area contributed by atoms with Crippen molar-refractivity contribution >= 4 is 142 Å². The molecule has 0 aliphatic carbocycles. The summed E-state index contributed by atoms with van der Waals surface area (Å²) in [6, 6.07) is 34.8. The van der Waals surface area contributed by atoms with E-state index in [-0.39, 0.29) is 188 Å². The molecular weight excluding hydrogens is 1920 g/mol. The number of carbonyl (C=O) groups excluding carboxylic acids is 12. The van der Waals surface area contributed by atoms with E-state index in [0.717, 1.165) is 37.8 Å². The van der Waals surface area contributed by atoms with Crippen molar-refractivity contribution in [2.45, 2.75) is 262 Å². The first-order chi connectivity index (χ1) is 66.1. The van der Waals surface area contributed by atoms with Gasteiger partial charge in [0.05, 0.1) is 116 Å². The maximum atomic E-state index is 12.1. The van der Waals surface area contributed by atoms with Gasteiger partial charge in [-0.05, 0) is 215 Å². The number of carbonyl (C=O) groups is 12. The van der Waals surface area contributed by atoms with Crippen LogP contribution in [0, 0.1) is 0 Å². The van der Waals surface area contributed by atoms with Gasteiger partial charge in [-0.2, -0.15) is 0 Å². The molecule has 0 heterocycles. The maximum absolute atomic E-state index is 12.1. The number of hydrogen-bond acceptors (Lipinski definition) is 34. The van der Waals surface area contributed by atoms with Crippen LogP contribution in [0.3, 0.4) is 0 Å². The lowest BCUT2D eigenvalue weighted by Gasteiger charge is -2.19. The van der Waals surface area contributed by atoms with Crippen LogP contribution in [0.4, 0.5) is 0 Å². The van der Waals surface area contributed by atoms with Gasteiger partial charge >= 0.3 is 71.6 Å². The van der Waals surface area contributed by atoms with Crippen LogP contribution in [-0.2, 0) is 143 Å². The predicted molar refractivity (Wildman–Crippen MR) is 543 cm³/mol. The van der Waals surface area contributed by atoms with Crippen LogP contribution in [0.1, 0.15) is 181 Å². The lowest BCUT2D eigenvalue weighted by Crippen LogP contribution is -2.27. The van der Waals surface area contributed by atoms with Crippen LogP contribution in [0.5, 0.6) is 0 Å². The first-order valence-corrected chi connectivity index (χ1v) is 50.5. The molecule has 0 aliphatic heterocycles. The van der Waals surface area contributed by atoms with E-state index >= 15 is 0 Å². The molecule has 30 nitrogen and oxygen atoms in total. The molecule has 0 spiro atoms. The molecule has 4 aromatic carbocycles. The zero-order chi connectivity index (χ0) is 105. The van der Waals surface area contributed by atoms with E-state index in [9.17, 15) is 57.5 Å². The summed E-state index contributed by atoms with van der Waals surface area (Å²) >= 11 is 18.2. The average Bonchev–Trinajstić information content (AvgIpc) is 0.918. The monoisotopic (exact) mass is 2060 g/mol. The van der Waals surface area contributed by atoms with Crippen molar-refractivity contribution in [1.82, 2.24) is 0 Å². The Kier molecular flexibility index (Phi) is 81.0. The fourth-order valence-corrected chi connectivity index (χ4v) is 13.2. The molecule has 139 heavy (non-hydrogen) atoms. The fourth-order valence-electron chi connectivity index (χ4n) is 9.38. The molecule has 0 N–H and O–H groups in total. The molecule has 0 saturated heterocycles. The Balaban J connectivity index is 0. The van der Waals surface area contributed by atoms with Crippen molar-refractivity contribution in [2.24, 2.45) is 0 Å². The number of thioether (sulfide) groups is 4. The standard InChI is InChI=1S/C20H27ClO5S.C20H28O5S.C19H25ClO5S.C19H26O5S.C13H22O5.C12H20O5/c1-14(2)20(23)24-11-5-6-19(22)26-17(12-25-15(3)4)13-27-18-9-7-16(21)8-10-18;1-15(2)20(22)23-12-8-11-19(21)25-17(13-24-16(3)4)14-26-18-9-6-5-7-10-18;1-4-18(21)23-11-5-6-19(22)25-16(12-24-14(2)3)13-26-17-9-7-15(20)8-10-17;1-4-18(20)22-12-8-11-19(21)24-16(13-23-15(2)3)14-25-17-9-6-5-7-10-17;1-10(2)13(15)18-7-5-6-12(14)17-9-8-16-11(3)4;1-4-11(13)16-7-5-6-12(14)17-9-8-15-10(2)3/h7-10,15,17H,1,5-6,11-13H2,2-4H3;5-7,9-10,16-17H,1,8,11-14H2,2-4H3;4,7-10,14,16H,1,5-6,11-13H2,2-3H3;4-7,9-10,15-16H,1,8,11-14H2,2-3H3;11H,1,5-9H2,2-4H3;4,10H,1,5-9H2,2-3H3. The number of benzene rings is 4. The SMILES string of the molecule is C=C(C)C(=O)OCCCC(=O)OC(COC(C)C)CSc1ccc(Cl)cc1.C=C(C)C(=O)OCCCC(=O)OC(COC(C)C)CSc1ccccc1.C=C(C)C(=O)OCCCC(=O)OCCOC(C)C.C=CC(=O)OCCCC(=O)OC(COC(C)C)CSc1ccc(Cl)cc1.C=CC(=O)OCCCC(=O)OC(COC(C)C)CSc1ccccc1.C=CC(=O)OCCCC(=O)OCCOC(C)C. The number of ether oxygens (including phenoxy) is 18. The van der Waals surface area contributed by atoms with E-state index in [2.05, 4.69) is 39.5 Å². The lowest BCUT2D eigenvalue weighted by molar-refractivity contribution is -0.153. The second-order valence-corrected chi connectivity index (χ2v) is 36.8. The zero-order valence-corrected chi connectivity index (χ0v) is 88.3. The highest BCUT2D eigenvalue weighted by Gasteiger charge is 2.23. The summed E-state index contributed by atoms with van der Waals surface area (Å²) in [5.74, 6) is -2.36. The molecule has 0 aliphatic rings. The molecule has 4 unspecified atom stereocenters. The number of rotatable bonds is 66. The second kappa shape index (κ2) is 85.5. The number of esters is 12. The Hall–Kier alpha value is -9.30. The van der Waals surface area contributed by atoms with Crippen LogP contribution in [0.15, 0.2) is 203 Å². The highest BCUT2D eigenvalue weighted by atomic mass is 35.5. The van der Waals surface area contributed by atoms with Gasteiger partial charge in [-0.15, -0.1) is 47.0 Å². The second-order valence-electron chi connectivity index (χ2n) is 31.5. The molecule has 0 fully saturated rings. The minimum absolute atomic E-state index is 0.0493. The van der Waals surface area contributed by atoms with Crippen LogP contribution in [0.2, 0.25) is 10.0 Å². The Morgan fingerprint density at radius 3 is 0.691 bits per heavy atom. The van der Waals surface area contributed by atoms with Crippen LogP contribution < -0.4 is 0 Å². The van der Waals surface area contributed by atoms with Crippen molar-refractivity contribution < 1.29 is 143 Å². The van der Waals surface area contributed by atoms with Gasteiger partial charge in [0.25, 0.3) is 0 Å². The van der Waals surface area contributed by atoms with Gasteiger partial charge in [-0.25, -0.2) is 28.8 Å². The van der Waals surface area contributed by atoms with E-state index in [4.69, 9.17) is 108 Å². The minimum Gasteiger partial charge on any atom is -0.463 e. The molecule has 0 bridgehead atoms. The first kappa shape index (κ1) is 132. The van der Waals surface area contributed by atoms with Crippen molar-refractivity contribution in [2.75, 3.05) is 116 Å². The van der Waals surface area contributed by atoms with E-state index in [1.165, 1.54) is 0 Å². The van der Waals surface area contributed by atoms with Gasteiger partial charge in [-0.3, -0.25) is 28.8 Å². The Bertz CT molecular complexity index is 4150. The van der Waals surface area contributed by atoms with Crippen molar-refractivity contribution in [1.29, 1.82) is 0 Å². The van der Waals surface area contributed by atoms with Gasteiger partial charge in [-0.1, -0.05) is 99.1 Å².